The molecule has 3 heteroatoms. The van der Waals surface area contributed by atoms with Crippen molar-refractivity contribution in [1.82, 2.24) is 0 Å². The summed E-state index contributed by atoms with van der Waals surface area (Å²) in [7, 11) is 0. The number of aliphatic carboxylic acids is 1. The van der Waals surface area contributed by atoms with Gasteiger partial charge in [-0.1, -0.05) is 128 Å². The van der Waals surface area contributed by atoms with Gasteiger partial charge in [0.1, 0.15) is 0 Å². The molecule has 1 N–H and O–H groups in total. The molecule has 1 heterocycles. The number of allylic oxidation sites excluding steroid dienone is 11. The van der Waals surface area contributed by atoms with E-state index < -0.39 is 5.97 Å². The van der Waals surface area contributed by atoms with Crippen LogP contribution >= 0.6 is 0 Å². The smallest absolute Gasteiger partial charge is 0.305 e. The summed E-state index contributed by atoms with van der Waals surface area (Å²) in [6.45, 7) is 20.4. The largest absolute Gasteiger partial charge is 0.481 e. The van der Waals surface area contributed by atoms with Gasteiger partial charge in [-0.2, -0.15) is 0 Å². The molecule has 0 radical (unpaired) electrons. The molecule has 4 aromatic rings. The highest BCUT2D eigenvalue weighted by molar-refractivity contribution is 5.95. The van der Waals surface area contributed by atoms with Gasteiger partial charge in [-0.3, -0.25) is 4.79 Å². The molecule has 49 heavy (non-hydrogen) atoms. The lowest BCUT2D eigenvalue weighted by Crippen LogP contribution is -2.30. The molecule has 0 saturated heterocycles. The Morgan fingerprint density at radius 2 is 1.49 bits per heavy atom. The SMILES string of the molecule is C=C(/C=C/C=C/C=C1/N(CCC(=O)O)c2ccc3ccccc3c2C1(C)CC=C(C)C)C(C)(CC=C(C)C)c1c(C)ccc2ccccc12. The number of benzene rings is 4. The average Bonchev–Trinajstić information content (AvgIpc) is 3.32. The number of aryl methyl sites for hydroxylation is 1. The van der Waals surface area contributed by atoms with Crippen LogP contribution in [0.5, 0.6) is 0 Å². The maximum Gasteiger partial charge on any atom is 0.305 e. The number of hydrogen-bond acceptors (Lipinski definition) is 2. The van der Waals surface area contributed by atoms with Crippen molar-refractivity contribution in [3.63, 3.8) is 0 Å². The van der Waals surface area contributed by atoms with E-state index in [0.717, 1.165) is 29.8 Å². The highest BCUT2D eigenvalue weighted by atomic mass is 16.4. The summed E-state index contributed by atoms with van der Waals surface area (Å²) in [5, 5.41) is 14.6. The zero-order valence-electron chi connectivity index (χ0n) is 30.3. The predicted octanol–water partition coefficient (Wildman–Crippen LogP) is 12.1. The molecular weight excluding hydrogens is 599 g/mol. The van der Waals surface area contributed by atoms with E-state index in [1.807, 2.05) is 0 Å². The fourth-order valence-electron chi connectivity index (χ4n) is 7.44. The average molecular weight is 650 g/mol. The van der Waals surface area contributed by atoms with Gasteiger partial charge in [0.2, 0.25) is 0 Å². The number of carboxylic acids is 1. The van der Waals surface area contributed by atoms with Crippen molar-refractivity contribution < 1.29 is 9.90 Å². The van der Waals surface area contributed by atoms with Crippen LogP contribution in [0.4, 0.5) is 5.69 Å². The maximum atomic E-state index is 11.8. The predicted molar refractivity (Wildman–Crippen MR) is 211 cm³/mol. The van der Waals surface area contributed by atoms with Crippen molar-refractivity contribution in [2.45, 2.75) is 78.6 Å². The zero-order chi connectivity index (χ0) is 35.3. The Balaban J connectivity index is 1.55. The van der Waals surface area contributed by atoms with Gasteiger partial charge < -0.3 is 10.0 Å². The lowest BCUT2D eigenvalue weighted by Gasteiger charge is -2.33. The number of nitrogens with zero attached hydrogens (tertiary/aromatic N) is 1. The third-order valence-corrected chi connectivity index (χ3v) is 10.2. The van der Waals surface area contributed by atoms with E-state index in [1.165, 1.54) is 49.4 Å². The highest BCUT2D eigenvalue weighted by Gasteiger charge is 2.44. The second-order valence-electron chi connectivity index (χ2n) is 14.4. The van der Waals surface area contributed by atoms with Crippen LogP contribution in [0.1, 0.15) is 77.5 Å². The van der Waals surface area contributed by atoms with E-state index in [-0.39, 0.29) is 17.3 Å². The number of carbonyl (C=O) groups is 1. The second-order valence-corrected chi connectivity index (χ2v) is 14.4. The summed E-state index contributed by atoms with van der Waals surface area (Å²) in [5.74, 6) is -0.797. The Morgan fingerprint density at radius 1 is 0.857 bits per heavy atom. The van der Waals surface area contributed by atoms with Crippen molar-refractivity contribution in [3.05, 3.63) is 161 Å². The van der Waals surface area contributed by atoms with Crippen LogP contribution in [0.3, 0.4) is 0 Å². The van der Waals surface area contributed by atoms with Crippen LogP contribution in [0.2, 0.25) is 0 Å². The Labute approximate surface area is 293 Å². The van der Waals surface area contributed by atoms with E-state index in [1.54, 1.807) is 0 Å². The lowest BCUT2D eigenvalue weighted by molar-refractivity contribution is -0.136. The molecule has 0 aromatic heterocycles. The summed E-state index contributed by atoms with van der Waals surface area (Å²) < 4.78 is 0. The minimum Gasteiger partial charge on any atom is -0.481 e. The first-order chi connectivity index (χ1) is 23.4. The first-order valence-electron chi connectivity index (χ1n) is 17.4. The van der Waals surface area contributed by atoms with Gasteiger partial charge in [0.15, 0.2) is 0 Å². The summed E-state index contributed by atoms with van der Waals surface area (Å²) in [6.07, 6.45) is 16.9. The van der Waals surface area contributed by atoms with Crippen LogP contribution in [0.15, 0.2) is 144 Å². The number of hydrogen-bond donors (Lipinski definition) is 1. The first-order valence-corrected chi connectivity index (χ1v) is 17.4. The van der Waals surface area contributed by atoms with Crippen molar-refractivity contribution in [2.24, 2.45) is 0 Å². The van der Waals surface area contributed by atoms with Gasteiger partial charge in [-0.05, 0) is 110 Å². The van der Waals surface area contributed by atoms with Gasteiger partial charge >= 0.3 is 5.97 Å². The van der Waals surface area contributed by atoms with Crippen molar-refractivity contribution in [2.75, 3.05) is 11.4 Å². The molecule has 0 bridgehead atoms. The number of anilines is 1. The molecule has 252 valence electrons. The Kier molecular flexibility index (Phi) is 10.6. The molecule has 4 aromatic carbocycles. The fourth-order valence-corrected chi connectivity index (χ4v) is 7.44. The van der Waals surface area contributed by atoms with E-state index in [9.17, 15) is 9.90 Å². The fraction of sp³-hybridized carbons (Fsp3) is 0.283. The minimum atomic E-state index is -0.797. The molecule has 3 nitrogen and oxygen atoms in total. The van der Waals surface area contributed by atoms with E-state index in [2.05, 4.69) is 175 Å². The molecule has 0 fully saturated rings. The van der Waals surface area contributed by atoms with Crippen LogP contribution in [-0.2, 0) is 15.6 Å². The Bertz CT molecular complexity index is 2050. The molecule has 1 aliphatic rings. The van der Waals surface area contributed by atoms with E-state index in [4.69, 9.17) is 0 Å². The number of fused-ring (bicyclic) bond motifs is 4. The molecule has 0 aliphatic carbocycles. The van der Waals surface area contributed by atoms with Gasteiger partial charge in [0.25, 0.3) is 0 Å². The Morgan fingerprint density at radius 3 is 2.16 bits per heavy atom. The van der Waals surface area contributed by atoms with Gasteiger partial charge in [-0.25, -0.2) is 0 Å². The molecule has 2 unspecified atom stereocenters. The van der Waals surface area contributed by atoms with E-state index in [0.29, 0.717) is 6.54 Å². The van der Waals surface area contributed by atoms with Crippen molar-refractivity contribution >= 4 is 33.2 Å². The molecule has 0 amide bonds. The highest BCUT2D eigenvalue weighted by Crippen LogP contribution is 2.53. The summed E-state index contributed by atoms with van der Waals surface area (Å²) in [6, 6.07) is 25.9. The molecule has 1 aliphatic heterocycles. The molecule has 0 spiro atoms. The molecule has 2 atom stereocenters. The monoisotopic (exact) mass is 649 g/mol. The minimum absolute atomic E-state index is 0.0591. The molecular formula is C46H51NO2. The lowest BCUT2D eigenvalue weighted by atomic mass is 9.70. The second kappa shape index (κ2) is 14.7. The molecule has 0 saturated carbocycles. The summed E-state index contributed by atoms with van der Waals surface area (Å²) in [4.78, 5) is 14.0. The van der Waals surface area contributed by atoms with Crippen LogP contribution in [0.25, 0.3) is 21.5 Å². The van der Waals surface area contributed by atoms with Crippen LogP contribution in [0, 0.1) is 6.92 Å². The third kappa shape index (κ3) is 7.27. The number of rotatable bonds is 12. The zero-order valence-corrected chi connectivity index (χ0v) is 30.3. The van der Waals surface area contributed by atoms with Crippen molar-refractivity contribution in [3.8, 4) is 0 Å². The van der Waals surface area contributed by atoms with Gasteiger partial charge in [0, 0.05) is 28.8 Å². The topological polar surface area (TPSA) is 40.5 Å². The Hall–Kier alpha value is -4.89. The standard InChI is InChI=1S/C46H51NO2/c1-32(2)26-29-45(7,43-34(5)22-23-36-17-12-14-19-38(36)43)35(6)16-10-9-11-21-41-46(8,30-27-33(3)4)44-39-20-15-13-18-37(39)24-25-40(44)47(41)31-28-42(48)49/h9-27H,6,28-31H2,1-5,7-8H3,(H,48,49)/b11-9+,16-10+,41-21+. The quantitative estimate of drug-likeness (QED) is 0.123. The maximum absolute atomic E-state index is 11.8. The summed E-state index contributed by atoms with van der Waals surface area (Å²) >= 11 is 0. The normalized spacial score (nSPS) is 17.9. The molecule has 5 rings (SSSR count). The first kappa shape index (κ1) is 35.4. The van der Waals surface area contributed by atoms with E-state index >= 15 is 0 Å². The van der Waals surface area contributed by atoms with Gasteiger partial charge in [0.05, 0.1) is 6.42 Å². The number of carboxylic acid groups (broad SMARTS) is 1. The van der Waals surface area contributed by atoms with Crippen molar-refractivity contribution in [1.29, 1.82) is 0 Å². The van der Waals surface area contributed by atoms with Crippen LogP contribution < -0.4 is 4.90 Å². The van der Waals surface area contributed by atoms with Crippen LogP contribution in [-0.4, -0.2) is 17.6 Å². The summed E-state index contributed by atoms with van der Waals surface area (Å²) in [5.41, 5.74) is 9.04. The third-order valence-electron chi connectivity index (χ3n) is 10.2. The van der Waals surface area contributed by atoms with Gasteiger partial charge in [-0.15, -0.1) is 0 Å².